The smallest absolute Gasteiger partial charge is 0.268 e. The summed E-state index contributed by atoms with van der Waals surface area (Å²) < 4.78 is 14.6. The molecule has 6 heteroatoms. The highest BCUT2D eigenvalue weighted by atomic mass is 19.1. The van der Waals surface area contributed by atoms with E-state index in [4.69, 9.17) is 0 Å². The van der Waals surface area contributed by atoms with E-state index in [0.717, 1.165) is 38.9 Å². The number of carbonyl (C=O) groups excluding carboxylic acids is 1. The molecule has 5 nitrogen and oxygen atoms in total. The van der Waals surface area contributed by atoms with Crippen molar-refractivity contribution in [3.63, 3.8) is 0 Å². The first-order chi connectivity index (χ1) is 13.4. The van der Waals surface area contributed by atoms with Gasteiger partial charge in [-0.1, -0.05) is 0 Å². The molecule has 2 aromatic rings. The van der Waals surface area contributed by atoms with Crippen LogP contribution in [0.25, 0.3) is 5.69 Å². The van der Waals surface area contributed by atoms with Gasteiger partial charge in [0.2, 0.25) is 0 Å². The molecule has 2 saturated heterocycles. The third-order valence-corrected chi connectivity index (χ3v) is 6.39. The summed E-state index contributed by atoms with van der Waals surface area (Å²) in [5.41, 5.74) is 1.30. The lowest BCUT2D eigenvalue weighted by Crippen LogP contribution is -2.41. The Morgan fingerprint density at radius 3 is 2.36 bits per heavy atom. The van der Waals surface area contributed by atoms with Crippen LogP contribution in [0.15, 0.2) is 41.3 Å². The second-order valence-electron chi connectivity index (χ2n) is 8.31. The standard InChI is InChI=1S/C22H26FN3O2/c1-16-7-11-26(18-5-3-17(23)4-6-18)21(28)19(16)20(27)25-14-10-22(15-25)8-12-24(2)13-9-22/h3-7,11H,8-10,12-15H2,1-2H3. The summed E-state index contributed by atoms with van der Waals surface area (Å²) in [6, 6.07) is 7.49. The lowest BCUT2D eigenvalue weighted by Gasteiger charge is -2.37. The molecule has 3 heterocycles. The number of nitrogens with zero attached hydrogens (tertiary/aromatic N) is 3. The van der Waals surface area contributed by atoms with Crippen molar-refractivity contribution in [3.8, 4) is 5.69 Å². The van der Waals surface area contributed by atoms with Crippen LogP contribution in [0.5, 0.6) is 0 Å². The van der Waals surface area contributed by atoms with Crippen molar-refractivity contribution in [3.05, 3.63) is 63.8 Å². The highest BCUT2D eigenvalue weighted by Gasteiger charge is 2.42. The lowest BCUT2D eigenvalue weighted by atomic mass is 9.78. The summed E-state index contributed by atoms with van der Waals surface area (Å²) in [6.07, 6.45) is 4.84. The third-order valence-electron chi connectivity index (χ3n) is 6.39. The molecule has 0 N–H and O–H groups in total. The van der Waals surface area contributed by atoms with Crippen molar-refractivity contribution < 1.29 is 9.18 Å². The fraction of sp³-hybridized carbons (Fsp3) is 0.455. The molecule has 2 aliphatic rings. The topological polar surface area (TPSA) is 45.6 Å². The molecule has 0 bridgehead atoms. The Labute approximate surface area is 164 Å². The van der Waals surface area contributed by atoms with Crippen molar-refractivity contribution in [2.24, 2.45) is 5.41 Å². The van der Waals surface area contributed by atoms with E-state index >= 15 is 0 Å². The maximum Gasteiger partial charge on any atom is 0.268 e. The molecule has 1 spiro atoms. The van der Waals surface area contributed by atoms with Crippen LogP contribution in [0.2, 0.25) is 0 Å². The first-order valence-corrected chi connectivity index (χ1v) is 9.85. The van der Waals surface area contributed by atoms with E-state index in [9.17, 15) is 14.0 Å². The molecule has 2 aliphatic heterocycles. The van der Waals surface area contributed by atoms with Gasteiger partial charge in [-0.2, -0.15) is 0 Å². The number of likely N-dealkylation sites (tertiary alicyclic amines) is 2. The van der Waals surface area contributed by atoms with Gasteiger partial charge >= 0.3 is 0 Å². The van der Waals surface area contributed by atoms with Crippen LogP contribution in [0.4, 0.5) is 4.39 Å². The van der Waals surface area contributed by atoms with Crippen LogP contribution in [-0.2, 0) is 0 Å². The molecule has 148 valence electrons. The summed E-state index contributed by atoms with van der Waals surface area (Å²) in [6.45, 7) is 5.34. The fourth-order valence-corrected chi connectivity index (χ4v) is 4.46. The molecular formula is C22H26FN3O2. The van der Waals surface area contributed by atoms with E-state index in [2.05, 4.69) is 11.9 Å². The van der Waals surface area contributed by atoms with Crippen molar-refractivity contribution >= 4 is 5.91 Å². The largest absolute Gasteiger partial charge is 0.338 e. The van der Waals surface area contributed by atoms with Gasteiger partial charge in [-0.05, 0) is 87.6 Å². The Bertz CT molecular complexity index is 943. The first kappa shape index (κ1) is 18.9. The highest BCUT2D eigenvalue weighted by molar-refractivity contribution is 5.95. The quantitative estimate of drug-likeness (QED) is 0.801. The number of rotatable bonds is 2. The third kappa shape index (κ3) is 3.37. The predicted octanol–water partition coefficient (Wildman–Crippen LogP) is 2.84. The number of pyridine rings is 1. The number of aromatic nitrogens is 1. The minimum atomic E-state index is -0.360. The Morgan fingerprint density at radius 1 is 1.04 bits per heavy atom. The predicted molar refractivity (Wildman–Crippen MR) is 106 cm³/mol. The molecule has 1 amide bonds. The zero-order valence-corrected chi connectivity index (χ0v) is 16.4. The number of hydrogen-bond donors (Lipinski definition) is 0. The van der Waals surface area contributed by atoms with Crippen molar-refractivity contribution in [1.29, 1.82) is 0 Å². The second kappa shape index (κ2) is 7.17. The number of halogens is 1. The first-order valence-electron chi connectivity index (χ1n) is 9.85. The lowest BCUT2D eigenvalue weighted by molar-refractivity contribution is 0.0734. The molecule has 1 aromatic heterocycles. The highest BCUT2D eigenvalue weighted by Crippen LogP contribution is 2.40. The van der Waals surface area contributed by atoms with Gasteiger partial charge in [-0.25, -0.2) is 4.39 Å². The van der Waals surface area contributed by atoms with Gasteiger partial charge in [0.05, 0.1) is 0 Å². The molecular weight excluding hydrogens is 357 g/mol. The molecule has 0 atom stereocenters. The summed E-state index contributed by atoms with van der Waals surface area (Å²) in [7, 11) is 2.13. The van der Waals surface area contributed by atoms with E-state index in [0.29, 0.717) is 17.8 Å². The summed E-state index contributed by atoms with van der Waals surface area (Å²) in [5, 5.41) is 0. The maximum atomic E-state index is 13.3. The number of amides is 1. The van der Waals surface area contributed by atoms with E-state index in [1.165, 1.54) is 16.7 Å². The molecule has 4 rings (SSSR count). The summed E-state index contributed by atoms with van der Waals surface area (Å²) >= 11 is 0. The van der Waals surface area contributed by atoms with Crippen molar-refractivity contribution in [1.82, 2.24) is 14.4 Å². The van der Waals surface area contributed by atoms with Crippen LogP contribution >= 0.6 is 0 Å². The Morgan fingerprint density at radius 2 is 1.68 bits per heavy atom. The van der Waals surface area contributed by atoms with Crippen molar-refractivity contribution in [2.75, 3.05) is 33.2 Å². The number of benzene rings is 1. The van der Waals surface area contributed by atoms with Crippen LogP contribution < -0.4 is 5.56 Å². The van der Waals surface area contributed by atoms with Gasteiger partial charge in [-0.3, -0.25) is 14.2 Å². The minimum Gasteiger partial charge on any atom is -0.338 e. The van der Waals surface area contributed by atoms with Gasteiger partial charge in [-0.15, -0.1) is 0 Å². The molecule has 28 heavy (non-hydrogen) atoms. The number of hydrogen-bond acceptors (Lipinski definition) is 3. The van der Waals surface area contributed by atoms with E-state index < -0.39 is 0 Å². The van der Waals surface area contributed by atoms with Gasteiger partial charge in [0.1, 0.15) is 11.4 Å². The second-order valence-corrected chi connectivity index (χ2v) is 8.31. The minimum absolute atomic E-state index is 0.185. The Hall–Kier alpha value is -2.47. The van der Waals surface area contributed by atoms with E-state index in [1.54, 1.807) is 31.3 Å². The van der Waals surface area contributed by atoms with Crippen LogP contribution in [-0.4, -0.2) is 53.5 Å². The molecule has 0 aliphatic carbocycles. The average Bonchev–Trinajstić information content (AvgIpc) is 3.09. The van der Waals surface area contributed by atoms with Gasteiger partial charge in [0.25, 0.3) is 11.5 Å². The molecule has 1 aromatic carbocycles. The molecule has 0 saturated carbocycles. The SMILES string of the molecule is Cc1ccn(-c2ccc(F)cc2)c(=O)c1C(=O)N1CCC2(CCN(C)CC2)C1. The van der Waals surface area contributed by atoms with Crippen LogP contribution in [0.3, 0.4) is 0 Å². The maximum absolute atomic E-state index is 13.3. The van der Waals surface area contributed by atoms with Crippen LogP contribution in [0.1, 0.15) is 35.2 Å². The van der Waals surface area contributed by atoms with Crippen molar-refractivity contribution in [2.45, 2.75) is 26.2 Å². The Balaban J connectivity index is 1.62. The number of aryl methyl sites for hydroxylation is 1. The van der Waals surface area contributed by atoms with Gasteiger partial charge in [0.15, 0.2) is 0 Å². The zero-order valence-electron chi connectivity index (χ0n) is 16.4. The van der Waals surface area contributed by atoms with Gasteiger partial charge in [0, 0.05) is 25.0 Å². The zero-order chi connectivity index (χ0) is 19.9. The average molecular weight is 383 g/mol. The van der Waals surface area contributed by atoms with Gasteiger partial charge < -0.3 is 9.80 Å². The monoisotopic (exact) mass is 383 g/mol. The molecule has 2 fully saturated rings. The normalized spacial score (nSPS) is 19.3. The van der Waals surface area contributed by atoms with E-state index in [-0.39, 0.29) is 28.3 Å². The van der Waals surface area contributed by atoms with Crippen LogP contribution in [0, 0.1) is 18.2 Å². The molecule has 0 unspecified atom stereocenters. The fourth-order valence-electron chi connectivity index (χ4n) is 4.46. The number of piperidine rings is 1. The summed E-state index contributed by atoms with van der Waals surface area (Å²) in [4.78, 5) is 30.5. The van der Waals surface area contributed by atoms with E-state index in [1.807, 2.05) is 4.90 Å². The Kier molecular flexibility index (Phi) is 4.83. The summed E-state index contributed by atoms with van der Waals surface area (Å²) in [5.74, 6) is -0.546. The molecule has 0 radical (unpaired) electrons. The number of carbonyl (C=O) groups is 1.